The summed E-state index contributed by atoms with van der Waals surface area (Å²) < 4.78 is 0. The van der Waals surface area contributed by atoms with Crippen LogP contribution in [-0.2, 0) is 6.42 Å². The fourth-order valence-electron chi connectivity index (χ4n) is 1.87. The summed E-state index contributed by atoms with van der Waals surface area (Å²) in [5, 5.41) is 9.87. The van der Waals surface area contributed by atoms with Crippen LogP contribution < -0.4 is 0 Å². The van der Waals surface area contributed by atoms with Gasteiger partial charge in [0.15, 0.2) is 0 Å². The van der Waals surface area contributed by atoms with Crippen molar-refractivity contribution < 1.29 is 5.11 Å². The van der Waals surface area contributed by atoms with Crippen molar-refractivity contribution in [3.8, 4) is 0 Å². The van der Waals surface area contributed by atoms with Crippen molar-refractivity contribution in [2.24, 2.45) is 0 Å². The van der Waals surface area contributed by atoms with Crippen molar-refractivity contribution in [2.75, 3.05) is 0 Å². The van der Waals surface area contributed by atoms with Crippen LogP contribution in [0.2, 0.25) is 0 Å². The Kier molecular flexibility index (Phi) is 5.41. The van der Waals surface area contributed by atoms with Gasteiger partial charge in [-0.1, -0.05) is 51.0 Å². The molecule has 1 aromatic carbocycles. The number of hydrogen-bond donors (Lipinski definition) is 1. The highest BCUT2D eigenvalue weighted by Crippen LogP contribution is 2.22. The first-order valence-electron chi connectivity index (χ1n) is 6.05. The molecule has 15 heavy (non-hydrogen) atoms. The number of aliphatic hydroxyl groups excluding tert-OH is 1. The molecule has 1 aromatic rings. The van der Waals surface area contributed by atoms with Crippen molar-refractivity contribution >= 4 is 0 Å². The second kappa shape index (κ2) is 6.62. The molecule has 0 spiro atoms. The summed E-state index contributed by atoms with van der Waals surface area (Å²) in [5.41, 5.74) is 2.44. The van der Waals surface area contributed by atoms with Gasteiger partial charge in [0.1, 0.15) is 0 Å². The summed E-state index contributed by atoms with van der Waals surface area (Å²) in [4.78, 5) is 0. The zero-order valence-corrected chi connectivity index (χ0v) is 9.87. The Balaban J connectivity index is 2.68. The van der Waals surface area contributed by atoms with E-state index in [2.05, 4.69) is 25.1 Å². The number of aliphatic hydroxyl groups is 1. The zero-order valence-electron chi connectivity index (χ0n) is 9.87. The lowest BCUT2D eigenvalue weighted by Gasteiger charge is -2.13. The standard InChI is InChI=1S/C14H22O/c1-3-5-6-9-12-10-7-8-11-13(12)14(15)4-2/h7-8,10-11,14-15H,3-6,9H2,1-2H3. The Labute approximate surface area is 93.1 Å². The molecule has 0 bridgehead atoms. The maximum Gasteiger partial charge on any atom is 0.0790 e. The quantitative estimate of drug-likeness (QED) is 0.701. The van der Waals surface area contributed by atoms with E-state index in [0.717, 1.165) is 18.4 Å². The van der Waals surface area contributed by atoms with Crippen molar-refractivity contribution in [1.29, 1.82) is 0 Å². The predicted molar refractivity (Wildman–Crippen MR) is 64.9 cm³/mol. The molecule has 0 radical (unpaired) electrons. The third kappa shape index (κ3) is 3.67. The van der Waals surface area contributed by atoms with E-state index in [4.69, 9.17) is 0 Å². The summed E-state index contributed by atoms with van der Waals surface area (Å²) >= 11 is 0. The largest absolute Gasteiger partial charge is 0.388 e. The van der Waals surface area contributed by atoms with Crippen LogP contribution >= 0.6 is 0 Å². The molecule has 1 N–H and O–H groups in total. The summed E-state index contributed by atoms with van der Waals surface area (Å²) in [6, 6.07) is 8.27. The molecule has 0 saturated heterocycles. The number of hydrogen-bond acceptors (Lipinski definition) is 1. The Morgan fingerprint density at radius 3 is 2.53 bits per heavy atom. The minimum atomic E-state index is -0.289. The second-order valence-electron chi connectivity index (χ2n) is 4.08. The third-order valence-electron chi connectivity index (χ3n) is 2.85. The Bertz CT molecular complexity index is 280. The lowest BCUT2D eigenvalue weighted by Crippen LogP contribution is -2.00. The summed E-state index contributed by atoms with van der Waals surface area (Å²) in [7, 11) is 0. The maximum absolute atomic E-state index is 9.87. The number of aryl methyl sites for hydroxylation is 1. The van der Waals surface area contributed by atoms with E-state index in [1.807, 2.05) is 13.0 Å². The van der Waals surface area contributed by atoms with E-state index < -0.39 is 0 Å². The smallest absolute Gasteiger partial charge is 0.0790 e. The van der Waals surface area contributed by atoms with Crippen molar-refractivity contribution in [2.45, 2.75) is 52.1 Å². The molecule has 1 nitrogen and oxygen atoms in total. The van der Waals surface area contributed by atoms with Crippen LogP contribution in [0.4, 0.5) is 0 Å². The molecule has 1 heteroatoms. The molecule has 1 atom stereocenters. The first kappa shape index (κ1) is 12.3. The molecular formula is C14H22O. The van der Waals surface area contributed by atoms with Crippen molar-refractivity contribution in [1.82, 2.24) is 0 Å². The maximum atomic E-state index is 9.87. The highest BCUT2D eigenvalue weighted by Gasteiger charge is 2.08. The minimum Gasteiger partial charge on any atom is -0.388 e. The van der Waals surface area contributed by atoms with Crippen LogP contribution in [0.5, 0.6) is 0 Å². The van der Waals surface area contributed by atoms with Gasteiger partial charge in [-0.2, -0.15) is 0 Å². The molecule has 0 heterocycles. The molecule has 0 aliphatic carbocycles. The molecule has 0 aliphatic heterocycles. The van der Waals surface area contributed by atoms with Crippen LogP contribution in [0.25, 0.3) is 0 Å². The molecule has 84 valence electrons. The van der Waals surface area contributed by atoms with Crippen molar-refractivity contribution in [3.05, 3.63) is 35.4 Å². The Morgan fingerprint density at radius 1 is 1.13 bits per heavy atom. The zero-order chi connectivity index (χ0) is 11.1. The van der Waals surface area contributed by atoms with E-state index in [9.17, 15) is 5.11 Å². The van der Waals surface area contributed by atoms with Gasteiger partial charge in [-0.25, -0.2) is 0 Å². The van der Waals surface area contributed by atoms with E-state index in [1.54, 1.807) is 0 Å². The molecule has 0 saturated carbocycles. The van der Waals surface area contributed by atoms with Gasteiger partial charge in [-0.05, 0) is 30.4 Å². The summed E-state index contributed by atoms with van der Waals surface area (Å²) in [5.74, 6) is 0. The van der Waals surface area contributed by atoms with Gasteiger partial charge in [0.2, 0.25) is 0 Å². The van der Waals surface area contributed by atoms with Crippen LogP contribution in [0, 0.1) is 0 Å². The fraction of sp³-hybridized carbons (Fsp3) is 0.571. The first-order valence-corrected chi connectivity index (χ1v) is 6.05. The third-order valence-corrected chi connectivity index (χ3v) is 2.85. The van der Waals surface area contributed by atoms with Gasteiger partial charge in [0.25, 0.3) is 0 Å². The van der Waals surface area contributed by atoms with E-state index in [1.165, 1.54) is 24.8 Å². The molecule has 0 amide bonds. The Morgan fingerprint density at radius 2 is 1.87 bits per heavy atom. The molecule has 1 rings (SSSR count). The lowest BCUT2D eigenvalue weighted by molar-refractivity contribution is 0.172. The minimum absolute atomic E-state index is 0.289. The van der Waals surface area contributed by atoms with Crippen LogP contribution in [-0.4, -0.2) is 5.11 Å². The van der Waals surface area contributed by atoms with Crippen LogP contribution in [0.15, 0.2) is 24.3 Å². The number of unbranched alkanes of at least 4 members (excludes halogenated alkanes) is 2. The van der Waals surface area contributed by atoms with Gasteiger partial charge in [-0.3, -0.25) is 0 Å². The Hall–Kier alpha value is -0.820. The fourth-order valence-corrected chi connectivity index (χ4v) is 1.87. The van der Waals surface area contributed by atoms with Gasteiger partial charge < -0.3 is 5.11 Å². The highest BCUT2D eigenvalue weighted by atomic mass is 16.3. The van der Waals surface area contributed by atoms with E-state index in [0.29, 0.717) is 0 Å². The van der Waals surface area contributed by atoms with E-state index >= 15 is 0 Å². The van der Waals surface area contributed by atoms with Gasteiger partial charge in [-0.15, -0.1) is 0 Å². The van der Waals surface area contributed by atoms with Crippen molar-refractivity contribution in [3.63, 3.8) is 0 Å². The average molecular weight is 206 g/mol. The molecule has 0 aromatic heterocycles. The van der Waals surface area contributed by atoms with Crippen LogP contribution in [0.1, 0.15) is 56.8 Å². The monoisotopic (exact) mass is 206 g/mol. The number of benzene rings is 1. The summed E-state index contributed by atoms with van der Waals surface area (Å²) in [6.45, 7) is 4.24. The first-order chi connectivity index (χ1) is 7.29. The second-order valence-corrected chi connectivity index (χ2v) is 4.08. The highest BCUT2D eigenvalue weighted by molar-refractivity contribution is 5.29. The van der Waals surface area contributed by atoms with Gasteiger partial charge >= 0.3 is 0 Å². The lowest BCUT2D eigenvalue weighted by atomic mass is 9.96. The number of rotatable bonds is 6. The average Bonchev–Trinajstić information content (AvgIpc) is 2.29. The topological polar surface area (TPSA) is 20.2 Å². The molecule has 1 unspecified atom stereocenters. The SMILES string of the molecule is CCCCCc1ccccc1C(O)CC. The van der Waals surface area contributed by atoms with Gasteiger partial charge in [0, 0.05) is 0 Å². The van der Waals surface area contributed by atoms with Gasteiger partial charge in [0.05, 0.1) is 6.10 Å². The molecular weight excluding hydrogens is 184 g/mol. The van der Waals surface area contributed by atoms with E-state index in [-0.39, 0.29) is 6.10 Å². The van der Waals surface area contributed by atoms with Crippen LogP contribution in [0.3, 0.4) is 0 Å². The normalized spacial score (nSPS) is 12.7. The molecule has 0 aliphatic rings. The molecule has 0 fully saturated rings. The summed E-state index contributed by atoms with van der Waals surface area (Å²) in [6.07, 6.45) is 5.35. The predicted octanol–water partition coefficient (Wildman–Crippen LogP) is 3.86.